The van der Waals surface area contributed by atoms with Crippen LogP contribution >= 0.6 is 11.3 Å². The monoisotopic (exact) mass is 460 g/mol. The number of hydrogen-bond acceptors (Lipinski definition) is 8. The van der Waals surface area contributed by atoms with E-state index in [1.54, 1.807) is 6.92 Å². The molecule has 3 rings (SSSR count). The molecule has 0 aliphatic heterocycles. The Morgan fingerprint density at radius 1 is 1.25 bits per heavy atom. The third kappa shape index (κ3) is 5.13. The van der Waals surface area contributed by atoms with E-state index in [4.69, 9.17) is 9.47 Å². The molecule has 9 nitrogen and oxygen atoms in total. The number of carbonyl (C=O) groups excluding carboxylic acids is 3. The van der Waals surface area contributed by atoms with E-state index in [0.717, 1.165) is 29.7 Å². The summed E-state index contributed by atoms with van der Waals surface area (Å²) >= 11 is 1.35. The Morgan fingerprint density at radius 3 is 2.66 bits per heavy atom. The summed E-state index contributed by atoms with van der Waals surface area (Å²) in [5, 5.41) is 14.0. The number of aryl methyl sites for hydroxylation is 1. The van der Waals surface area contributed by atoms with E-state index in [1.807, 2.05) is 0 Å². The highest BCUT2D eigenvalue weighted by Gasteiger charge is 2.29. The quantitative estimate of drug-likeness (QED) is 0.375. The normalized spacial score (nSPS) is 14.9. The fraction of sp³-hybridized carbons (Fsp3) is 0.409. The standard InChI is InChI=1S/C22H24N2O7S/c1-4-30-22(27)19-15-7-5-12(2)9-17(15)32-20(19)23-18(25)11-31-21(26)14-6-8-16(24(28)29)13(3)10-14/h6,8,10,12H,4-5,7,9,11H2,1-3H3,(H,23,25). The summed E-state index contributed by atoms with van der Waals surface area (Å²) in [5.74, 6) is -1.35. The van der Waals surface area contributed by atoms with Crippen molar-refractivity contribution >= 4 is 39.9 Å². The SMILES string of the molecule is CCOC(=O)c1c(NC(=O)COC(=O)c2ccc([N+](=O)[O-])c(C)c2)sc2c1CCC(C)C2. The van der Waals surface area contributed by atoms with Crippen LogP contribution < -0.4 is 5.32 Å². The molecule has 0 spiro atoms. The Hall–Kier alpha value is -3.27. The Kier molecular flexibility index (Phi) is 7.24. The van der Waals surface area contributed by atoms with E-state index in [-0.39, 0.29) is 17.9 Å². The zero-order valence-corrected chi connectivity index (χ0v) is 18.9. The molecule has 0 radical (unpaired) electrons. The molecule has 1 aliphatic carbocycles. The molecule has 1 N–H and O–H groups in total. The average molecular weight is 461 g/mol. The van der Waals surface area contributed by atoms with Gasteiger partial charge in [0.25, 0.3) is 11.6 Å². The first-order chi connectivity index (χ1) is 15.2. The first-order valence-corrected chi connectivity index (χ1v) is 11.1. The molecule has 10 heteroatoms. The molecule has 0 saturated heterocycles. The molecule has 1 aromatic carbocycles. The molecule has 1 aliphatic rings. The molecular weight excluding hydrogens is 436 g/mol. The average Bonchev–Trinajstić information content (AvgIpc) is 3.08. The van der Waals surface area contributed by atoms with Crippen LogP contribution in [-0.4, -0.2) is 36.0 Å². The highest BCUT2D eigenvalue weighted by molar-refractivity contribution is 7.17. The number of thiophene rings is 1. The highest BCUT2D eigenvalue weighted by atomic mass is 32.1. The van der Waals surface area contributed by atoms with Crippen molar-refractivity contribution in [3.63, 3.8) is 0 Å². The molecule has 1 atom stereocenters. The molecule has 32 heavy (non-hydrogen) atoms. The van der Waals surface area contributed by atoms with Crippen molar-refractivity contribution in [3.8, 4) is 0 Å². The second-order valence-electron chi connectivity index (χ2n) is 7.66. The number of esters is 2. The number of amides is 1. The number of rotatable bonds is 7. The zero-order chi connectivity index (χ0) is 23.4. The van der Waals surface area contributed by atoms with Crippen LogP contribution in [0.15, 0.2) is 18.2 Å². The summed E-state index contributed by atoms with van der Waals surface area (Å²) in [5.41, 5.74) is 1.60. The predicted octanol–water partition coefficient (Wildman–Crippen LogP) is 4.06. The third-order valence-electron chi connectivity index (χ3n) is 5.21. The van der Waals surface area contributed by atoms with Crippen LogP contribution in [0.2, 0.25) is 0 Å². The number of benzene rings is 1. The smallest absolute Gasteiger partial charge is 0.341 e. The molecule has 0 saturated carbocycles. The first-order valence-electron chi connectivity index (χ1n) is 10.2. The molecular formula is C22H24N2O7S. The van der Waals surface area contributed by atoms with Crippen LogP contribution in [0.25, 0.3) is 0 Å². The maximum absolute atomic E-state index is 12.5. The van der Waals surface area contributed by atoms with Gasteiger partial charge in [0, 0.05) is 16.5 Å². The van der Waals surface area contributed by atoms with Crippen molar-refractivity contribution in [3.05, 3.63) is 55.4 Å². The number of anilines is 1. The number of nitro groups is 1. The molecule has 0 fully saturated rings. The molecule has 2 aromatic rings. The minimum atomic E-state index is -0.775. The Bertz CT molecular complexity index is 1080. The maximum Gasteiger partial charge on any atom is 0.341 e. The van der Waals surface area contributed by atoms with E-state index in [0.29, 0.717) is 22.0 Å². The van der Waals surface area contributed by atoms with Crippen LogP contribution in [0, 0.1) is 23.0 Å². The van der Waals surface area contributed by atoms with Gasteiger partial charge < -0.3 is 14.8 Å². The minimum absolute atomic E-state index is 0.105. The number of nitrogens with one attached hydrogen (secondary N) is 1. The summed E-state index contributed by atoms with van der Waals surface area (Å²) in [6.45, 7) is 5.04. The van der Waals surface area contributed by atoms with Crippen molar-refractivity contribution in [2.45, 2.75) is 40.0 Å². The molecule has 170 valence electrons. The van der Waals surface area contributed by atoms with Gasteiger partial charge in [-0.15, -0.1) is 11.3 Å². The molecule has 1 heterocycles. The number of nitro benzene ring substituents is 1. The zero-order valence-electron chi connectivity index (χ0n) is 18.1. The Balaban J connectivity index is 1.69. The van der Waals surface area contributed by atoms with Gasteiger partial charge >= 0.3 is 11.9 Å². The fourth-order valence-electron chi connectivity index (χ4n) is 3.62. The van der Waals surface area contributed by atoms with Crippen molar-refractivity contribution in [2.75, 3.05) is 18.5 Å². The van der Waals surface area contributed by atoms with E-state index >= 15 is 0 Å². The summed E-state index contributed by atoms with van der Waals surface area (Å²) in [7, 11) is 0. The Labute approximate surface area is 188 Å². The minimum Gasteiger partial charge on any atom is -0.462 e. The largest absolute Gasteiger partial charge is 0.462 e. The number of ether oxygens (including phenoxy) is 2. The second-order valence-corrected chi connectivity index (χ2v) is 8.76. The van der Waals surface area contributed by atoms with Gasteiger partial charge in [0.2, 0.25) is 0 Å². The van der Waals surface area contributed by atoms with Crippen LogP contribution in [-0.2, 0) is 27.1 Å². The number of fused-ring (bicyclic) bond motifs is 1. The molecule has 0 bridgehead atoms. The molecule has 1 unspecified atom stereocenters. The summed E-state index contributed by atoms with van der Waals surface area (Å²) in [4.78, 5) is 48.6. The maximum atomic E-state index is 12.5. The second kappa shape index (κ2) is 9.90. The van der Waals surface area contributed by atoms with Gasteiger partial charge in [-0.1, -0.05) is 6.92 Å². The van der Waals surface area contributed by atoms with E-state index in [1.165, 1.54) is 36.5 Å². The van der Waals surface area contributed by atoms with E-state index < -0.39 is 29.4 Å². The summed E-state index contributed by atoms with van der Waals surface area (Å²) < 4.78 is 10.2. The number of nitrogens with zero attached hydrogens (tertiary/aromatic N) is 1. The van der Waals surface area contributed by atoms with Crippen LogP contribution in [0.3, 0.4) is 0 Å². The van der Waals surface area contributed by atoms with Gasteiger partial charge in [0.1, 0.15) is 5.00 Å². The highest BCUT2D eigenvalue weighted by Crippen LogP contribution is 2.40. The predicted molar refractivity (Wildman–Crippen MR) is 118 cm³/mol. The lowest BCUT2D eigenvalue weighted by Gasteiger charge is -2.18. The lowest BCUT2D eigenvalue weighted by atomic mass is 9.88. The molecule has 1 amide bonds. The van der Waals surface area contributed by atoms with Crippen molar-refractivity contribution in [1.82, 2.24) is 0 Å². The topological polar surface area (TPSA) is 125 Å². The van der Waals surface area contributed by atoms with Crippen LogP contribution in [0.5, 0.6) is 0 Å². The molecule has 1 aromatic heterocycles. The van der Waals surface area contributed by atoms with Crippen molar-refractivity contribution < 1.29 is 28.8 Å². The van der Waals surface area contributed by atoms with E-state index in [2.05, 4.69) is 12.2 Å². The van der Waals surface area contributed by atoms with Gasteiger partial charge in [-0.2, -0.15) is 0 Å². The number of hydrogen-bond donors (Lipinski definition) is 1. The summed E-state index contributed by atoms with van der Waals surface area (Å²) in [6.07, 6.45) is 2.53. The number of carbonyl (C=O) groups is 3. The Morgan fingerprint density at radius 2 is 2.00 bits per heavy atom. The fourth-order valence-corrected chi connectivity index (χ4v) is 5.04. The lowest BCUT2D eigenvalue weighted by molar-refractivity contribution is -0.385. The van der Waals surface area contributed by atoms with Gasteiger partial charge in [0.05, 0.1) is 22.7 Å². The van der Waals surface area contributed by atoms with Gasteiger partial charge in [0.15, 0.2) is 6.61 Å². The van der Waals surface area contributed by atoms with Crippen molar-refractivity contribution in [2.24, 2.45) is 5.92 Å². The van der Waals surface area contributed by atoms with Crippen LogP contribution in [0.4, 0.5) is 10.7 Å². The lowest BCUT2D eigenvalue weighted by Crippen LogP contribution is -2.22. The van der Waals surface area contributed by atoms with Crippen molar-refractivity contribution in [1.29, 1.82) is 0 Å². The third-order valence-corrected chi connectivity index (χ3v) is 6.38. The van der Waals surface area contributed by atoms with Gasteiger partial charge in [-0.25, -0.2) is 9.59 Å². The van der Waals surface area contributed by atoms with Crippen LogP contribution in [0.1, 0.15) is 57.0 Å². The first kappa shape index (κ1) is 23.4. The summed E-state index contributed by atoms with van der Waals surface area (Å²) in [6, 6.07) is 3.83. The van der Waals surface area contributed by atoms with Gasteiger partial charge in [-0.3, -0.25) is 14.9 Å². The van der Waals surface area contributed by atoms with Gasteiger partial charge in [-0.05, 0) is 56.7 Å². The van der Waals surface area contributed by atoms with E-state index in [9.17, 15) is 24.5 Å².